The Morgan fingerprint density at radius 1 is 1.12 bits per heavy atom. The number of nitrogen functional groups attached to an aromatic ring is 1. The number of nitrogens with two attached hydrogens (primary N) is 1. The summed E-state index contributed by atoms with van der Waals surface area (Å²) in [5.41, 5.74) is 9.46. The molecule has 0 fully saturated rings. The molecule has 26 heavy (non-hydrogen) atoms. The van der Waals surface area contributed by atoms with Crippen molar-refractivity contribution in [2.24, 2.45) is 0 Å². The Hall–Kier alpha value is -2.57. The highest BCUT2D eigenvalue weighted by molar-refractivity contribution is 9.10. The maximum atomic E-state index is 12.7. The molecule has 0 saturated carbocycles. The number of carbonyl (C=O) groups excluding carboxylic acids is 1. The number of hydrogen-bond acceptors (Lipinski definition) is 5. The van der Waals surface area contributed by atoms with Gasteiger partial charge in [-0.25, -0.2) is 4.98 Å². The van der Waals surface area contributed by atoms with E-state index in [1.807, 2.05) is 48.5 Å². The van der Waals surface area contributed by atoms with Gasteiger partial charge in [-0.1, -0.05) is 28.1 Å². The number of nitrogens with zero attached hydrogens (tertiary/aromatic N) is 2. The number of fused-ring (bicyclic) bond motifs is 1. The minimum Gasteiger partial charge on any atom is -0.397 e. The average molecular weight is 424 g/mol. The molecule has 4 nitrogen and oxygen atoms in total. The lowest BCUT2D eigenvalue weighted by molar-refractivity contribution is 0.0997. The van der Waals surface area contributed by atoms with E-state index in [0.717, 1.165) is 31.5 Å². The van der Waals surface area contributed by atoms with E-state index >= 15 is 0 Å². The van der Waals surface area contributed by atoms with Crippen molar-refractivity contribution in [3.8, 4) is 11.3 Å². The number of aromatic nitrogens is 2. The van der Waals surface area contributed by atoms with Gasteiger partial charge in [0.2, 0.25) is 0 Å². The molecule has 0 unspecified atom stereocenters. The van der Waals surface area contributed by atoms with Gasteiger partial charge in [-0.2, -0.15) is 0 Å². The molecule has 128 valence electrons. The third-order valence-electron chi connectivity index (χ3n) is 4.08. The second-order valence-electron chi connectivity index (χ2n) is 5.86. The summed E-state index contributed by atoms with van der Waals surface area (Å²) in [6, 6.07) is 15.4. The zero-order valence-corrected chi connectivity index (χ0v) is 16.0. The van der Waals surface area contributed by atoms with Crippen molar-refractivity contribution in [2.75, 3.05) is 5.73 Å². The quantitative estimate of drug-likeness (QED) is 0.462. The van der Waals surface area contributed by atoms with Crippen LogP contribution in [-0.4, -0.2) is 15.8 Å². The molecule has 0 saturated heterocycles. The van der Waals surface area contributed by atoms with Crippen molar-refractivity contribution in [3.63, 3.8) is 0 Å². The molecule has 0 radical (unpaired) electrons. The van der Waals surface area contributed by atoms with E-state index in [1.165, 1.54) is 11.3 Å². The molecule has 2 N–H and O–H groups in total. The van der Waals surface area contributed by atoms with E-state index in [9.17, 15) is 4.79 Å². The predicted octanol–water partition coefficient (Wildman–Crippen LogP) is 5.13. The van der Waals surface area contributed by atoms with Gasteiger partial charge in [0.05, 0.1) is 16.3 Å². The van der Waals surface area contributed by atoms with Gasteiger partial charge in [-0.05, 0) is 42.0 Å². The van der Waals surface area contributed by atoms with Crippen molar-refractivity contribution in [3.05, 3.63) is 75.8 Å². The molecular formula is C20H14BrN3OS. The largest absolute Gasteiger partial charge is 0.397 e. The first-order chi connectivity index (χ1) is 12.6. The summed E-state index contributed by atoms with van der Waals surface area (Å²) >= 11 is 4.75. The molecule has 0 atom stereocenters. The molecule has 0 bridgehead atoms. The SMILES string of the molecule is Nc1c(C(=O)Cc2ccc(Br)cc2)sc2nc(-c3cccnc3)ccc12. The Morgan fingerprint density at radius 2 is 1.92 bits per heavy atom. The second kappa shape index (κ2) is 6.97. The second-order valence-corrected chi connectivity index (χ2v) is 7.78. The van der Waals surface area contributed by atoms with Gasteiger partial charge in [-0.15, -0.1) is 11.3 Å². The lowest BCUT2D eigenvalue weighted by atomic mass is 10.1. The zero-order valence-electron chi connectivity index (χ0n) is 13.6. The van der Waals surface area contributed by atoms with E-state index in [4.69, 9.17) is 5.73 Å². The molecular weight excluding hydrogens is 410 g/mol. The summed E-state index contributed by atoms with van der Waals surface area (Å²) in [4.78, 5) is 22.9. The molecule has 4 aromatic rings. The lowest BCUT2D eigenvalue weighted by Gasteiger charge is -2.01. The van der Waals surface area contributed by atoms with Gasteiger partial charge < -0.3 is 5.73 Å². The summed E-state index contributed by atoms with van der Waals surface area (Å²) in [5, 5.41) is 0.821. The van der Waals surface area contributed by atoms with Crippen molar-refractivity contribution in [1.82, 2.24) is 9.97 Å². The number of hydrogen-bond donors (Lipinski definition) is 1. The predicted molar refractivity (Wildman–Crippen MR) is 109 cm³/mol. The molecule has 0 aliphatic rings. The zero-order chi connectivity index (χ0) is 18.1. The third kappa shape index (κ3) is 3.25. The first kappa shape index (κ1) is 16.9. The van der Waals surface area contributed by atoms with E-state index < -0.39 is 0 Å². The van der Waals surface area contributed by atoms with E-state index in [1.54, 1.807) is 12.4 Å². The van der Waals surface area contributed by atoms with Crippen LogP contribution in [0.3, 0.4) is 0 Å². The fraction of sp³-hybridized carbons (Fsp3) is 0.0500. The normalized spacial score (nSPS) is 11.0. The van der Waals surface area contributed by atoms with Gasteiger partial charge in [0.15, 0.2) is 5.78 Å². The summed E-state index contributed by atoms with van der Waals surface area (Å²) in [5.74, 6) is 0.00995. The smallest absolute Gasteiger partial charge is 0.179 e. The minimum atomic E-state index is 0.00995. The highest BCUT2D eigenvalue weighted by atomic mass is 79.9. The van der Waals surface area contributed by atoms with Crippen LogP contribution >= 0.6 is 27.3 Å². The maximum Gasteiger partial charge on any atom is 0.179 e. The van der Waals surface area contributed by atoms with Gasteiger partial charge in [0.25, 0.3) is 0 Å². The van der Waals surface area contributed by atoms with Gasteiger partial charge in [0.1, 0.15) is 4.83 Å². The Balaban J connectivity index is 1.68. The molecule has 0 aliphatic carbocycles. The number of anilines is 1. The van der Waals surface area contributed by atoms with Crippen LogP contribution in [0.2, 0.25) is 0 Å². The van der Waals surface area contributed by atoms with E-state index in [0.29, 0.717) is 17.0 Å². The number of benzene rings is 1. The van der Waals surface area contributed by atoms with Crippen LogP contribution in [-0.2, 0) is 6.42 Å². The summed E-state index contributed by atoms with van der Waals surface area (Å²) in [7, 11) is 0. The summed E-state index contributed by atoms with van der Waals surface area (Å²) in [6.07, 6.45) is 3.81. The fourth-order valence-corrected chi connectivity index (χ4v) is 4.04. The van der Waals surface area contributed by atoms with Gasteiger partial charge in [-0.3, -0.25) is 9.78 Å². The highest BCUT2D eigenvalue weighted by Gasteiger charge is 2.18. The molecule has 0 amide bonds. The lowest BCUT2D eigenvalue weighted by Crippen LogP contribution is -2.03. The molecule has 6 heteroatoms. The standard InChI is InChI=1S/C20H14BrN3OS/c21-14-5-3-12(4-6-14)10-17(25)19-18(22)15-7-8-16(24-20(15)26-19)13-2-1-9-23-11-13/h1-9,11H,10,22H2. The van der Waals surface area contributed by atoms with Crippen molar-refractivity contribution in [1.29, 1.82) is 0 Å². The van der Waals surface area contributed by atoms with Crippen molar-refractivity contribution >= 4 is 49.0 Å². The maximum absolute atomic E-state index is 12.7. The Kier molecular flexibility index (Phi) is 4.53. The molecule has 3 heterocycles. The minimum absolute atomic E-state index is 0.00995. The molecule has 0 aliphatic heterocycles. The van der Waals surface area contributed by atoms with Gasteiger partial charge >= 0.3 is 0 Å². The number of Topliss-reactive ketones (excluding diaryl/α,β-unsaturated/α-hetero) is 1. The average Bonchev–Trinajstić information content (AvgIpc) is 3.00. The van der Waals surface area contributed by atoms with Crippen LogP contribution in [0.15, 0.2) is 65.4 Å². The molecule has 4 rings (SSSR count). The van der Waals surface area contributed by atoms with Gasteiger partial charge in [0, 0.05) is 34.2 Å². The van der Waals surface area contributed by atoms with Crippen molar-refractivity contribution in [2.45, 2.75) is 6.42 Å². The molecule has 0 spiro atoms. The van der Waals surface area contributed by atoms with Crippen molar-refractivity contribution < 1.29 is 4.79 Å². The van der Waals surface area contributed by atoms with Crippen LogP contribution in [0.1, 0.15) is 15.2 Å². The Bertz CT molecular complexity index is 1090. The van der Waals surface area contributed by atoms with E-state index in [2.05, 4.69) is 25.9 Å². The monoisotopic (exact) mass is 423 g/mol. The number of rotatable bonds is 4. The first-order valence-corrected chi connectivity index (χ1v) is 9.60. The summed E-state index contributed by atoms with van der Waals surface area (Å²) < 4.78 is 0.988. The number of pyridine rings is 2. The fourth-order valence-electron chi connectivity index (χ4n) is 2.75. The molecule has 1 aromatic carbocycles. The van der Waals surface area contributed by atoms with Crippen LogP contribution in [0, 0.1) is 0 Å². The van der Waals surface area contributed by atoms with Crippen LogP contribution in [0.4, 0.5) is 5.69 Å². The molecule has 3 aromatic heterocycles. The number of halogens is 1. The number of carbonyl (C=O) groups is 1. The topological polar surface area (TPSA) is 68.9 Å². The first-order valence-electron chi connectivity index (χ1n) is 7.99. The third-order valence-corrected chi connectivity index (χ3v) is 5.77. The number of ketones is 1. The summed E-state index contributed by atoms with van der Waals surface area (Å²) in [6.45, 7) is 0. The van der Waals surface area contributed by atoms with E-state index in [-0.39, 0.29) is 5.78 Å². The Morgan fingerprint density at radius 3 is 2.65 bits per heavy atom. The van der Waals surface area contributed by atoms with Crippen LogP contribution < -0.4 is 5.73 Å². The number of thiophene rings is 1. The van der Waals surface area contributed by atoms with Crippen LogP contribution in [0.5, 0.6) is 0 Å². The Labute approximate surface area is 162 Å². The van der Waals surface area contributed by atoms with Crippen LogP contribution in [0.25, 0.3) is 21.5 Å². The highest BCUT2D eigenvalue weighted by Crippen LogP contribution is 2.34.